The minimum absolute atomic E-state index is 0. The van der Waals surface area contributed by atoms with E-state index in [0.29, 0.717) is 0 Å². The van der Waals surface area contributed by atoms with Crippen molar-refractivity contribution in [1.29, 1.82) is 0 Å². The van der Waals surface area contributed by atoms with Gasteiger partial charge in [0.25, 0.3) is 0 Å². The largest absolute Gasteiger partial charge is 0.0998 e. The average Bonchev–Trinajstić information content (AvgIpc) is 1.90. The molecule has 0 radical (unpaired) electrons. The van der Waals surface area contributed by atoms with Crippen molar-refractivity contribution in [2.75, 3.05) is 0 Å². The summed E-state index contributed by atoms with van der Waals surface area (Å²) in [4.78, 5) is 0. The predicted octanol–water partition coefficient (Wildman–Crippen LogP) is 3.55. The van der Waals surface area contributed by atoms with E-state index in [-0.39, 0.29) is 7.43 Å². The quantitative estimate of drug-likeness (QED) is 0.486. The summed E-state index contributed by atoms with van der Waals surface area (Å²) in [5.41, 5.74) is 1.35. The Balaban J connectivity index is 0.000000810. The van der Waals surface area contributed by atoms with Gasteiger partial charge >= 0.3 is 0 Å². The van der Waals surface area contributed by atoms with Crippen LogP contribution in [0.4, 0.5) is 0 Å². The maximum Gasteiger partial charge on any atom is -0.0171 e. The third-order valence-electron chi connectivity index (χ3n) is 1.97. The minimum atomic E-state index is 0. The Morgan fingerprint density at radius 2 is 2.20 bits per heavy atom. The lowest BCUT2D eigenvalue weighted by atomic mass is 9.89. The van der Waals surface area contributed by atoms with Gasteiger partial charge in [-0.05, 0) is 32.1 Å². The van der Waals surface area contributed by atoms with Gasteiger partial charge in [-0.1, -0.05) is 31.7 Å². The summed E-state index contributed by atoms with van der Waals surface area (Å²) in [6.45, 7) is 6.07. The number of hydrogen-bond acceptors (Lipinski definition) is 0. The molecular formula is C10H18. The molecule has 0 N–H and O–H groups in total. The van der Waals surface area contributed by atoms with Gasteiger partial charge in [-0.3, -0.25) is 0 Å². The lowest BCUT2D eigenvalue weighted by Gasteiger charge is -2.16. The van der Waals surface area contributed by atoms with Crippen LogP contribution in [0.5, 0.6) is 0 Å². The monoisotopic (exact) mass is 138 g/mol. The van der Waals surface area contributed by atoms with Gasteiger partial charge in [-0.2, -0.15) is 0 Å². The zero-order valence-corrected chi connectivity index (χ0v) is 6.06. The third kappa shape index (κ3) is 2.38. The Kier molecular flexibility index (Phi) is 4.10. The number of allylic oxidation sites excluding steroid dienone is 3. The van der Waals surface area contributed by atoms with Crippen LogP contribution in [0.25, 0.3) is 0 Å². The van der Waals surface area contributed by atoms with E-state index < -0.39 is 0 Å². The van der Waals surface area contributed by atoms with Gasteiger partial charge in [-0.25, -0.2) is 0 Å². The smallest absolute Gasteiger partial charge is 0.0171 e. The van der Waals surface area contributed by atoms with Gasteiger partial charge in [0.1, 0.15) is 0 Å². The van der Waals surface area contributed by atoms with Crippen LogP contribution in [0.15, 0.2) is 24.3 Å². The fourth-order valence-corrected chi connectivity index (χ4v) is 1.24. The molecule has 1 unspecified atom stereocenters. The van der Waals surface area contributed by atoms with E-state index in [1.807, 2.05) is 0 Å². The normalized spacial score (nSPS) is 23.5. The summed E-state index contributed by atoms with van der Waals surface area (Å²) in [6.07, 6.45) is 8.31. The fraction of sp³-hybridized carbons (Fsp3) is 0.600. The van der Waals surface area contributed by atoms with Gasteiger partial charge in [0.15, 0.2) is 0 Å². The lowest BCUT2D eigenvalue weighted by molar-refractivity contribution is 0.555. The molecule has 0 aromatic carbocycles. The molecule has 0 spiro atoms. The molecule has 1 rings (SSSR count). The highest BCUT2D eigenvalue weighted by molar-refractivity contribution is 5.03. The summed E-state index contributed by atoms with van der Waals surface area (Å²) >= 11 is 0. The first-order chi connectivity index (χ1) is 4.30. The molecule has 0 aliphatic heterocycles. The molecule has 1 atom stereocenters. The van der Waals surface area contributed by atoms with E-state index >= 15 is 0 Å². The molecule has 0 bridgehead atoms. The Labute approximate surface area is 64.6 Å². The summed E-state index contributed by atoms with van der Waals surface area (Å²) in [5, 5.41) is 0. The molecule has 0 aromatic heterocycles. The molecule has 0 heteroatoms. The summed E-state index contributed by atoms with van der Waals surface area (Å²) in [5.74, 6) is 0.773. The first kappa shape index (κ1) is 9.48. The average molecular weight is 138 g/mol. The van der Waals surface area contributed by atoms with Crippen LogP contribution >= 0.6 is 0 Å². The SMILES string of the molecule is C.C=C(C)C1CC=CCC1. The van der Waals surface area contributed by atoms with Crippen molar-refractivity contribution in [3.8, 4) is 0 Å². The second-order valence-electron chi connectivity index (χ2n) is 2.83. The molecule has 0 aromatic rings. The Morgan fingerprint density at radius 1 is 1.50 bits per heavy atom. The van der Waals surface area contributed by atoms with Gasteiger partial charge in [0.2, 0.25) is 0 Å². The molecule has 0 amide bonds. The molecule has 1 aliphatic rings. The highest BCUT2D eigenvalue weighted by Crippen LogP contribution is 2.23. The summed E-state index contributed by atoms with van der Waals surface area (Å²) < 4.78 is 0. The van der Waals surface area contributed by atoms with Gasteiger partial charge in [0, 0.05) is 0 Å². The van der Waals surface area contributed by atoms with E-state index in [0.717, 1.165) is 5.92 Å². The third-order valence-corrected chi connectivity index (χ3v) is 1.97. The molecule has 0 saturated heterocycles. The highest BCUT2D eigenvalue weighted by atomic mass is 14.1. The first-order valence-corrected chi connectivity index (χ1v) is 3.61. The Morgan fingerprint density at radius 3 is 2.50 bits per heavy atom. The molecule has 10 heavy (non-hydrogen) atoms. The lowest BCUT2D eigenvalue weighted by Crippen LogP contribution is -2.02. The minimum Gasteiger partial charge on any atom is -0.0998 e. The molecule has 58 valence electrons. The van der Waals surface area contributed by atoms with E-state index in [9.17, 15) is 0 Å². The summed E-state index contributed by atoms with van der Waals surface area (Å²) in [6, 6.07) is 0. The van der Waals surface area contributed by atoms with Gasteiger partial charge < -0.3 is 0 Å². The first-order valence-electron chi connectivity index (χ1n) is 3.61. The second kappa shape index (κ2) is 4.32. The van der Waals surface area contributed by atoms with E-state index in [4.69, 9.17) is 0 Å². The van der Waals surface area contributed by atoms with Crippen molar-refractivity contribution >= 4 is 0 Å². The Bertz CT molecular complexity index is 131. The van der Waals surface area contributed by atoms with Crippen LogP contribution in [-0.2, 0) is 0 Å². The van der Waals surface area contributed by atoms with Gasteiger partial charge in [-0.15, -0.1) is 0 Å². The second-order valence-corrected chi connectivity index (χ2v) is 2.83. The Hall–Kier alpha value is -0.520. The van der Waals surface area contributed by atoms with Crippen molar-refractivity contribution in [3.05, 3.63) is 24.3 Å². The predicted molar refractivity (Wildman–Crippen MR) is 48.0 cm³/mol. The maximum absolute atomic E-state index is 3.94. The van der Waals surface area contributed by atoms with E-state index in [1.54, 1.807) is 0 Å². The van der Waals surface area contributed by atoms with Crippen molar-refractivity contribution in [2.24, 2.45) is 5.92 Å². The molecule has 0 saturated carbocycles. The standard InChI is InChI=1S/C9H14.CH4/c1-8(2)9-6-4-3-5-7-9;/h3-4,9H,1,5-7H2,2H3;1H4. The van der Waals surface area contributed by atoms with Crippen LogP contribution in [-0.4, -0.2) is 0 Å². The summed E-state index contributed by atoms with van der Waals surface area (Å²) in [7, 11) is 0. The van der Waals surface area contributed by atoms with Crippen LogP contribution in [0.3, 0.4) is 0 Å². The fourth-order valence-electron chi connectivity index (χ4n) is 1.24. The zero-order valence-electron chi connectivity index (χ0n) is 6.06. The number of hydrogen-bond donors (Lipinski definition) is 0. The molecule has 0 nitrogen and oxygen atoms in total. The molecule has 0 heterocycles. The van der Waals surface area contributed by atoms with Crippen LogP contribution in [0.1, 0.15) is 33.6 Å². The van der Waals surface area contributed by atoms with Crippen molar-refractivity contribution in [3.63, 3.8) is 0 Å². The van der Waals surface area contributed by atoms with Crippen LogP contribution in [0.2, 0.25) is 0 Å². The molecular weight excluding hydrogens is 120 g/mol. The van der Waals surface area contributed by atoms with Crippen LogP contribution in [0, 0.1) is 5.92 Å². The van der Waals surface area contributed by atoms with Crippen molar-refractivity contribution < 1.29 is 0 Å². The van der Waals surface area contributed by atoms with Crippen molar-refractivity contribution in [2.45, 2.75) is 33.6 Å². The van der Waals surface area contributed by atoms with Crippen LogP contribution < -0.4 is 0 Å². The highest BCUT2D eigenvalue weighted by Gasteiger charge is 2.08. The molecule has 1 aliphatic carbocycles. The van der Waals surface area contributed by atoms with Gasteiger partial charge in [0.05, 0.1) is 0 Å². The van der Waals surface area contributed by atoms with E-state index in [2.05, 4.69) is 25.7 Å². The van der Waals surface area contributed by atoms with Crippen molar-refractivity contribution in [1.82, 2.24) is 0 Å². The zero-order chi connectivity index (χ0) is 6.69. The topological polar surface area (TPSA) is 0 Å². The maximum atomic E-state index is 3.94. The molecule has 0 fully saturated rings. The van der Waals surface area contributed by atoms with E-state index in [1.165, 1.54) is 24.8 Å². The number of rotatable bonds is 1.